The summed E-state index contributed by atoms with van der Waals surface area (Å²) in [5.74, 6) is 0.320. The van der Waals surface area contributed by atoms with Crippen LogP contribution in [0, 0.1) is 5.92 Å². The number of rotatable bonds is 6. The topological polar surface area (TPSA) is 75.3 Å². The summed E-state index contributed by atoms with van der Waals surface area (Å²) >= 11 is 0. The molecular formula is C19H28N2O3S. The van der Waals surface area contributed by atoms with Crippen LogP contribution in [0.25, 0.3) is 0 Å². The quantitative estimate of drug-likeness (QED) is 0.810. The van der Waals surface area contributed by atoms with Gasteiger partial charge in [0.1, 0.15) is 0 Å². The number of benzene rings is 1. The molecule has 0 saturated carbocycles. The molecule has 25 heavy (non-hydrogen) atoms. The molecule has 2 aliphatic carbocycles. The van der Waals surface area contributed by atoms with E-state index in [1.165, 1.54) is 22.3 Å². The van der Waals surface area contributed by atoms with Gasteiger partial charge in [-0.15, -0.1) is 0 Å². The van der Waals surface area contributed by atoms with Crippen LogP contribution in [0.1, 0.15) is 61.8 Å². The lowest BCUT2D eigenvalue weighted by Crippen LogP contribution is -2.36. The smallest absolute Gasteiger partial charge is 0.307 e. The van der Waals surface area contributed by atoms with Gasteiger partial charge in [-0.25, -0.2) is 17.9 Å². The van der Waals surface area contributed by atoms with Crippen LogP contribution in [-0.4, -0.2) is 20.2 Å². The van der Waals surface area contributed by atoms with Gasteiger partial charge >= 0.3 is 6.03 Å². The number of carbonyl (C=O) groups excluding carboxylic acids is 1. The van der Waals surface area contributed by atoms with Gasteiger partial charge in [-0.1, -0.05) is 26.3 Å². The predicted octanol–water partition coefficient (Wildman–Crippen LogP) is 3.55. The average molecular weight is 365 g/mol. The highest BCUT2D eigenvalue weighted by atomic mass is 32.2. The molecular weight excluding hydrogens is 336 g/mol. The molecule has 1 aromatic carbocycles. The summed E-state index contributed by atoms with van der Waals surface area (Å²) in [4.78, 5) is 12.3. The molecule has 2 aliphatic rings. The van der Waals surface area contributed by atoms with E-state index in [0.717, 1.165) is 50.6 Å². The van der Waals surface area contributed by atoms with Crippen molar-refractivity contribution < 1.29 is 13.2 Å². The summed E-state index contributed by atoms with van der Waals surface area (Å²) in [6.07, 6.45) is 7.71. The number of urea groups is 1. The van der Waals surface area contributed by atoms with Crippen LogP contribution in [0.3, 0.4) is 0 Å². The molecule has 3 rings (SSSR count). The minimum atomic E-state index is -3.60. The second-order valence-corrected chi connectivity index (χ2v) is 9.25. The first-order valence-electron chi connectivity index (χ1n) is 9.37. The number of sulfonamides is 1. The first-order chi connectivity index (χ1) is 11.9. The van der Waals surface area contributed by atoms with Crippen molar-refractivity contribution in [3.05, 3.63) is 28.3 Å². The maximum Gasteiger partial charge on any atom is 0.332 e. The Labute approximate surface area is 150 Å². The largest absolute Gasteiger partial charge is 0.332 e. The van der Waals surface area contributed by atoms with Crippen molar-refractivity contribution in [2.24, 2.45) is 5.92 Å². The van der Waals surface area contributed by atoms with Crippen molar-refractivity contribution in [1.29, 1.82) is 0 Å². The van der Waals surface area contributed by atoms with E-state index in [0.29, 0.717) is 12.3 Å². The molecule has 5 nitrogen and oxygen atoms in total. The summed E-state index contributed by atoms with van der Waals surface area (Å²) in [6, 6.07) is 1.66. The molecule has 6 heteroatoms. The van der Waals surface area contributed by atoms with Crippen LogP contribution in [-0.2, 0) is 35.7 Å². The second-order valence-electron chi connectivity index (χ2n) is 7.41. The Morgan fingerprint density at radius 3 is 2.28 bits per heavy atom. The first kappa shape index (κ1) is 18.2. The number of anilines is 1. The van der Waals surface area contributed by atoms with Crippen LogP contribution < -0.4 is 10.0 Å². The zero-order valence-electron chi connectivity index (χ0n) is 15.2. The van der Waals surface area contributed by atoms with Crippen molar-refractivity contribution in [3.63, 3.8) is 0 Å². The van der Waals surface area contributed by atoms with Crippen LogP contribution in [0.4, 0.5) is 10.5 Å². The molecule has 0 radical (unpaired) electrons. The van der Waals surface area contributed by atoms with Crippen molar-refractivity contribution in [1.82, 2.24) is 4.72 Å². The van der Waals surface area contributed by atoms with Gasteiger partial charge in [0.25, 0.3) is 0 Å². The normalized spacial score (nSPS) is 17.0. The summed E-state index contributed by atoms with van der Waals surface area (Å²) in [6.45, 7) is 4.06. The molecule has 0 heterocycles. The summed E-state index contributed by atoms with van der Waals surface area (Å²) < 4.78 is 26.5. The molecule has 0 aliphatic heterocycles. The van der Waals surface area contributed by atoms with Gasteiger partial charge in [0.05, 0.1) is 5.75 Å². The van der Waals surface area contributed by atoms with E-state index in [1.54, 1.807) is 0 Å². The fraction of sp³-hybridized carbons (Fsp3) is 0.632. The Kier molecular flexibility index (Phi) is 5.37. The number of hydrogen-bond donors (Lipinski definition) is 2. The number of aryl methyl sites for hydroxylation is 2. The molecule has 1 atom stereocenters. The van der Waals surface area contributed by atoms with E-state index in [-0.39, 0.29) is 5.75 Å². The van der Waals surface area contributed by atoms with Crippen LogP contribution in [0.5, 0.6) is 0 Å². The van der Waals surface area contributed by atoms with Gasteiger partial charge in [0.15, 0.2) is 0 Å². The molecule has 138 valence electrons. The minimum Gasteiger partial charge on any atom is -0.307 e. The predicted molar refractivity (Wildman–Crippen MR) is 101 cm³/mol. The lowest BCUT2D eigenvalue weighted by Gasteiger charge is -2.17. The Hall–Kier alpha value is -1.56. The lowest BCUT2D eigenvalue weighted by molar-refractivity contribution is 0.256. The van der Waals surface area contributed by atoms with Gasteiger partial charge in [-0.3, -0.25) is 0 Å². The third-order valence-electron chi connectivity index (χ3n) is 5.54. The van der Waals surface area contributed by atoms with E-state index < -0.39 is 16.1 Å². The highest BCUT2D eigenvalue weighted by Gasteiger charge is 2.26. The van der Waals surface area contributed by atoms with Gasteiger partial charge in [0, 0.05) is 5.69 Å². The summed E-state index contributed by atoms with van der Waals surface area (Å²) in [5.41, 5.74) is 5.91. The molecule has 0 saturated heterocycles. The number of fused-ring (bicyclic) bond motifs is 2. The Balaban J connectivity index is 1.72. The van der Waals surface area contributed by atoms with E-state index in [4.69, 9.17) is 0 Å². The molecule has 0 aromatic heterocycles. The third-order valence-corrected chi connectivity index (χ3v) is 6.81. The van der Waals surface area contributed by atoms with E-state index in [2.05, 4.69) is 16.1 Å². The highest BCUT2D eigenvalue weighted by molar-refractivity contribution is 7.90. The van der Waals surface area contributed by atoms with Crippen LogP contribution in [0.2, 0.25) is 0 Å². The summed E-state index contributed by atoms with van der Waals surface area (Å²) in [5, 5.41) is 2.87. The van der Waals surface area contributed by atoms with E-state index in [1.807, 2.05) is 13.8 Å². The lowest BCUT2D eigenvalue weighted by atomic mass is 9.99. The second kappa shape index (κ2) is 7.36. The summed E-state index contributed by atoms with van der Waals surface area (Å²) in [7, 11) is -3.60. The van der Waals surface area contributed by atoms with Crippen molar-refractivity contribution in [2.75, 3.05) is 11.1 Å². The van der Waals surface area contributed by atoms with E-state index in [9.17, 15) is 13.2 Å². The third kappa shape index (κ3) is 4.17. The van der Waals surface area contributed by atoms with Crippen LogP contribution >= 0.6 is 0 Å². The molecule has 0 bridgehead atoms. The maximum absolute atomic E-state index is 12.3. The number of hydrogen-bond acceptors (Lipinski definition) is 3. The van der Waals surface area contributed by atoms with Gasteiger partial charge in [-0.2, -0.15) is 0 Å². The molecule has 2 amide bonds. The number of carbonyl (C=O) groups is 1. The fourth-order valence-corrected chi connectivity index (χ4v) is 5.01. The standard InChI is InChI=1S/C19H28N2O3S/c1-3-13(2)10-11-25(23,24)21-19(22)20-18-16-8-4-6-14(16)12-15-7-5-9-17(15)18/h12-13H,3-11H2,1-2H3,(H2,20,21,22). The molecule has 1 unspecified atom stereocenters. The van der Waals surface area contributed by atoms with Gasteiger partial charge in [-0.05, 0) is 73.1 Å². The number of nitrogens with one attached hydrogen (secondary N) is 2. The number of amides is 2. The van der Waals surface area contributed by atoms with Crippen LogP contribution in [0.15, 0.2) is 6.07 Å². The first-order valence-corrected chi connectivity index (χ1v) is 11.0. The van der Waals surface area contributed by atoms with Crippen molar-refractivity contribution >= 4 is 21.7 Å². The van der Waals surface area contributed by atoms with Gasteiger partial charge in [0.2, 0.25) is 10.0 Å². The highest BCUT2D eigenvalue weighted by Crippen LogP contribution is 2.38. The zero-order chi connectivity index (χ0) is 18.0. The molecule has 1 aromatic rings. The van der Waals surface area contributed by atoms with Gasteiger partial charge < -0.3 is 5.32 Å². The maximum atomic E-state index is 12.3. The molecule has 0 spiro atoms. The zero-order valence-corrected chi connectivity index (χ0v) is 16.0. The van der Waals surface area contributed by atoms with Crippen molar-refractivity contribution in [3.8, 4) is 0 Å². The Morgan fingerprint density at radius 1 is 1.12 bits per heavy atom. The SMILES string of the molecule is CCC(C)CCS(=O)(=O)NC(=O)Nc1c2c(cc3c1CCC3)CCC2. The molecule has 0 fully saturated rings. The Morgan fingerprint density at radius 2 is 1.72 bits per heavy atom. The average Bonchev–Trinajstić information content (AvgIpc) is 3.20. The molecule has 2 N–H and O–H groups in total. The Bertz CT molecular complexity index is 739. The van der Waals surface area contributed by atoms with E-state index >= 15 is 0 Å². The monoisotopic (exact) mass is 364 g/mol. The van der Waals surface area contributed by atoms with Crippen molar-refractivity contribution in [2.45, 2.75) is 65.2 Å². The fourth-order valence-electron chi connectivity index (χ4n) is 3.86. The minimum absolute atomic E-state index is 0.0135.